The largest absolute Gasteiger partial charge is 0.370 e. The summed E-state index contributed by atoms with van der Waals surface area (Å²) in [7, 11) is 0. The van der Waals surface area contributed by atoms with Crippen molar-refractivity contribution in [2.45, 2.75) is 13.3 Å². The van der Waals surface area contributed by atoms with Gasteiger partial charge in [0.2, 0.25) is 0 Å². The van der Waals surface area contributed by atoms with Crippen LogP contribution in [0.4, 0.5) is 5.82 Å². The average molecular weight is 219 g/mol. The van der Waals surface area contributed by atoms with E-state index in [1.165, 1.54) is 5.01 Å². The highest BCUT2D eigenvalue weighted by molar-refractivity contribution is 7.09. The lowest BCUT2D eigenvalue weighted by Gasteiger charge is -2.02. The maximum atomic E-state index is 4.40. The van der Waals surface area contributed by atoms with Gasteiger partial charge in [0.15, 0.2) is 0 Å². The molecule has 0 aliphatic rings. The molecule has 0 aromatic carbocycles. The van der Waals surface area contributed by atoms with Gasteiger partial charge in [-0.3, -0.25) is 0 Å². The van der Waals surface area contributed by atoms with Crippen LogP contribution in [0.3, 0.4) is 0 Å². The second-order valence-corrected chi connectivity index (χ2v) is 4.22. The van der Waals surface area contributed by atoms with Crippen molar-refractivity contribution in [1.82, 2.24) is 9.97 Å². The van der Waals surface area contributed by atoms with Crippen molar-refractivity contribution in [1.29, 1.82) is 0 Å². The second-order valence-electron chi connectivity index (χ2n) is 3.27. The zero-order chi connectivity index (χ0) is 10.5. The summed E-state index contributed by atoms with van der Waals surface area (Å²) < 4.78 is 0. The number of nitrogens with one attached hydrogen (secondary N) is 1. The molecule has 0 bridgehead atoms. The SMILES string of the molecule is Cc1csc(CCNc2ccccn2)n1. The van der Waals surface area contributed by atoms with Crippen LogP contribution in [0.2, 0.25) is 0 Å². The van der Waals surface area contributed by atoms with E-state index in [1.54, 1.807) is 17.5 Å². The summed E-state index contributed by atoms with van der Waals surface area (Å²) in [5.41, 5.74) is 1.10. The fraction of sp³-hybridized carbons (Fsp3) is 0.273. The van der Waals surface area contributed by atoms with E-state index >= 15 is 0 Å². The fourth-order valence-corrected chi connectivity index (χ4v) is 2.06. The highest BCUT2D eigenvalue weighted by Gasteiger charge is 1.98. The number of nitrogens with zero attached hydrogens (tertiary/aromatic N) is 2. The van der Waals surface area contributed by atoms with Crippen LogP contribution in [0, 0.1) is 6.92 Å². The fourth-order valence-electron chi connectivity index (χ4n) is 1.28. The summed E-state index contributed by atoms with van der Waals surface area (Å²) in [6.07, 6.45) is 2.74. The molecule has 78 valence electrons. The van der Waals surface area contributed by atoms with Gasteiger partial charge in [0, 0.05) is 30.2 Å². The Morgan fingerprint density at radius 3 is 3.00 bits per heavy atom. The highest BCUT2D eigenvalue weighted by atomic mass is 32.1. The molecule has 0 fully saturated rings. The predicted octanol–water partition coefficient (Wildman–Crippen LogP) is 2.50. The van der Waals surface area contributed by atoms with Crippen LogP contribution >= 0.6 is 11.3 Å². The van der Waals surface area contributed by atoms with Crippen molar-refractivity contribution >= 4 is 17.2 Å². The molecule has 0 aliphatic heterocycles. The zero-order valence-corrected chi connectivity index (χ0v) is 9.42. The molecule has 3 nitrogen and oxygen atoms in total. The van der Waals surface area contributed by atoms with Crippen LogP contribution in [0.5, 0.6) is 0 Å². The Balaban J connectivity index is 1.80. The minimum Gasteiger partial charge on any atom is -0.370 e. The quantitative estimate of drug-likeness (QED) is 0.858. The first-order chi connectivity index (χ1) is 7.34. The number of anilines is 1. The minimum absolute atomic E-state index is 0.879. The van der Waals surface area contributed by atoms with Gasteiger partial charge >= 0.3 is 0 Å². The third-order valence-electron chi connectivity index (χ3n) is 1.98. The zero-order valence-electron chi connectivity index (χ0n) is 8.60. The Kier molecular flexibility index (Phi) is 3.29. The summed E-state index contributed by atoms with van der Waals surface area (Å²) in [5.74, 6) is 0.922. The lowest BCUT2D eigenvalue weighted by Crippen LogP contribution is -2.05. The Morgan fingerprint density at radius 1 is 1.40 bits per heavy atom. The number of pyridine rings is 1. The molecule has 0 aliphatic carbocycles. The number of aromatic nitrogens is 2. The Hall–Kier alpha value is -1.42. The first kappa shape index (κ1) is 10.1. The van der Waals surface area contributed by atoms with E-state index in [4.69, 9.17) is 0 Å². The molecule has 1 N–H and O–H groups in total. The summed E-state index contributed by atoms with van der Waals surface area (Å²) in [5, 5.41) is 6.51. The van der Waals surface area contributed by atoms with Gasteiger partial charge in [0.05, 0.1) is 5.01 Å². The van der Waals surface area contributed by atoms with Crippen molar-refractivity contribution in [2.24, 2.45) is 0 Å². The summed E-state index contributed by atoms with van der Waals surface area (Å²) in [6.45, 7) is 2.90. The first-order valence-electron chi connectivity index (χ1n) is 4.90. The van der Waals surface area contributed by atoms with Gasteiger partial charge in [-0.2, -0.15) is 0 Å². The molecule has 2 aromatic heterocycles. The van der Waals surface area contributed by atoms with E-state index in [2.05, 4.69) is 20.7 Å². The smallest absolute Gasteiger partial charge is 0.125 e. The number of hydrogen-bond donors (Lipinski definition) is 1. The van der Waals surface area contributed by atoms with Crippen LogP contribution in [-0.4, -0.2) is 16.5 Å². The first-order valence-corrected chi connectivity index (χ1v) is 5.78. The van der Waals surface area contributed by atoms with Gasteiger partial charge in [-0.15, -0.1) is 11.3 Å². The van der Waals surface area contributed by atoms with Gasteiger partial charge < -0.3 is 5.32 Å². The van der Waals surface area contributed by atoms with Crippen LogP contribution < -0.4 is 5.32 Å². The average Bonchev–Trinajstić information content (AvgIpc) is 2.66. The van der Waals surface area contributed by atoms with Gasteiger partial charge in [0.25, 0.3) is 0 Å². The van der Waals surface area contributed by atoms with E-state index in [-0.39, 0.29) is 0 Å². The lowest BCUT2D eigenvalue weighted by molar-refractivity contribution is 0.978. The number of rotatable bonds is 4. The van der Waals surface area contributed by atoms with Crippen LogP contribution in [0.25, 0.3) is 0 Å². The van der Waals surface area contributed by atoms with Gasteiger partial charge in [-0.1, -0.05) is 6.07 Å². The van der Waals surface area contributed by atoms with Crippen molar-refractivity contribution in [2.75, 3.05) is 11.9 Å². The Labute approximate surface area is 93.2 Å². The Bertz CT molecular complexity index is 411. The van der Waals surface area contributed by atoms with Crippen molar-refractivity contribution in [3.05, 3.63) is 40.5 Å². The molecular formula is C11H13N3S. The summed E-state index contributed by atoms with van der Waals surface area (Å²) >= 11 is 1.71. The van der Waals surface area contributed by atoms with Crippen molar-refractivity contribution in [3.8, 4) is 0 Å². The standard InChI is InChI=1S/C11H13N3S/c1-9-8-15-11(14-9)5-7-13-10-4-2-3-6-12-10/h2-4,6,8H,5,7H2,1H3,(H,12,13). The molecule has 0 spiro atoms. The molecule has 2 aromatic rings. The number of hydrogen-bond acceptors (Lipinski definition) is 4. The maximum absolute atomic E-state index is 4.40. The summed E-state index contributed by atoms with van der Waals surface area (Å²) in [6, 6.07) is 5.85. The van der Waals surface area contributed by atoms with Gasteiger partial charge in [-0.25, -0.2) is 9.97 Å². The molecular weight excluding hydrogens is 206 g/mol. The molecule has 0 radical (unpaired) electrons. The topological polar surface area (TPSA) is 37.8 Å². The molecule has 4 heteroatoms. The van der Waals surface area contributed by atoms with Crippen LogP contribution in [0.1, 0.15) is 10.7 Å². The third-order valence-corrected chi connectivity index (χ3v) is 3.00. The molecule has 2 rings (SSSR count). The molecule has 15 heavy (non-hydrogen) atoms. The minimum atomic E-state index is 0.879. The third kappa shape index (κ3) is 3.02. The van der Waals surface area contributed by atoms with E-state index in [9.17, 15) is 0 Å². The highest BCUT2D eigenvalue weighted by Crippen LogP contribution is 2.09. The Morgan fingerprint density at radius 2 is 2.33 bits per heavy atom. The van der Waals surface area contributed by atoms with Gasteiger partial charge in [0.1, 0.15) is 5.82 Å². The van der Waals surface area contributed by atoms with Crippen LogP contribution in [-0.2, 0) is 6.42 Å². The molecule has 0 unspecified atom stereocenters. The van der Waals surface area contributed by atoms with Crippen molar-refractivity contribution < 1.29 is 0 Å². The molecule has 0 saturated carbocycles. The molecule has 2 heterocycles. The lowest BCUT2D eigenvalue weighted by atomic mass is 10.4. The van der Waals surface area contributed by atoms with E-state index in [0.717, 1.165) is 24.5 Å². The number of aryl methyl sites for hydroxylation is 1. The molecule has 0 atom stereocenters. The monoisotopic (exact) mass is 219 g/mol. The van der Waals surface area contributed by atoms with E-state index in [0.29, 0.717) is 0 Å². The predicted molar refractivity (Wildman–Crippen MR) is 63.3 cm³/mol. The number of thiazole rings is 1. The van der Waals surface area contributed by atoms with Crippen molar-refractivity contribution in [3.63, 3.8) is 0 Å². The van der Waals surface area contributed by atoms with E-state index < -0.39 is 0 Å². The molecule has 0 saturated heterocycles. The van der Waals surface area contributed by atoms with Gasteiger partial charge in [-0.05, 0) is 19.1 Å². The second kappa shape index (κ2) is 4.89. The van der Waals surface area contributed by atoms with Crippen LogP contribution in [0.15, 0.2) is 29.8 Å². The van der Waals surface area contributed by atoms with E-state index in [1.807, 2.05) is 25.1 Å². The maximum Gasteiger partial charge on any atom is 0.125 e. The normalized spacial score (nSPS) is 10.2. The molecule has 0 amide bonds. The summed E-state index contributed by atoms with van der Waals surface area (Å²) in [4.78, 5) is 8.59.